The summed E-state index contributed by atoms with van der Waals surface area (Å²) in [4.78, 5) is 27.9. The number of carbonyl (C=O) groups is 1. The van der Waals surface area contributed by atoms with Crippen LogP contribution < -0.4 is 5.73 Å². The van der Waals surface area contributed by atoms with Gasteiger partial charge >= 0.3 is 13.6 Å². The van der Waals surface area contributed by atoms with Crippen LogP contribution in [0.25, 0.3) is 0 Å². The fourth-order valence-corrected chi connectivity index (χ4v) is 1.91. The lowest BCUT2D eigenvalue weighted by Gasteiger charge is -2.11. The number of hydrogen-bond acceptors (Lipinski definition) is 3. The van der Waals surface area contributed by atoms with Crippen molar-refractivity contribution in [3.05, 3.63) is 35.4 Å². The second-order valence-corrected chi connectivity index (χ2v) is 5.45. The molecule has 1 unspecified atom stereocenters. The maximum atomic E-state index is 13.3. The van der Waals surface area contributed by atoms with E-state index in [2.05, 4.69) is 0 Å². The lowest BCUT2D eigenvalue weighted by atomic mass is 10.1. The summed E-state index contributed by atoms with van der Waals surface area (Å²) in [6.45, 7) is 0. The van der Waals surface area contributed by atoms with Crippen molar-refractivity contribution in [3.8, 4) is 0 Å². The summed E-state index contributed by atoms with van der Waals surface area (Å²) in [5.41, 5.74) is 5.71. The third kappa shape index (κ3) is 3.89. The van der Waals surface area contributed by atoms with Gasteiger partial charge in [-0.1, -0.05) is 24.3 Å². The van der Waals surface area contributed by atoms with Crippen LogP contribution in [-0.2, 0) is 15.8 Å². The van der Waals surface area contributed by atoms with Gasteiger partial charge in [-0.25, -0.2) is 4.39 Å². The Hall–Kier alpha value is -1.27. The Morgan fingerprint density at radius 3 is 2.22 bits per heavy atom. The van der Waals surface area contributed by atoms with Gasteiger partial charge in [0, 0.05) is 0 Å². The van der Waals surface area contributed by atoms with Crippen LogP contribution in [0.1, 0.15) is 17.0 Å². The van der Waals surface area contributed by atoms with Gasteiger partial charge in [-0.3, -0.25) is 9.36 Å². The molecule has 0 aliphatic rings. The van der Waals surface area contributed by atoms with Crippen molar-refractivity contribution in [2.45, 2.75) is 18.4 Å². The van der Waals surface area contributed by atoms with Crippen molar-refractivity contribution in [3.63, 3.8) is 0 Å². The Morgan fingerprint density at radius 2 is 1.83 bits per heavy atom. The average molecular weight is 277 g/mol. The number of benzene rings is 1. The zero-order chi connectivity index (χ0) is 13.9. The summed E-state index contributed by atoms with van der Waals surface area (Å²) < 4.78 is 24.0. The molecule has 2 atom stereocenters. The normalized spacial score (nSPS) is 15.1. The number of rotatable bonds is 5. The van der Waals surface area contributed by atoms with Crippen LogP contribution in [0.15, 0.2) is 24.3 Å². The molecule has 0 amide bonds. The fourth-order valence-electron chi connectivity index (χ4n) is 1.35. The third-order valence-electron chi connectivity index (χ3n) is 2.32. The smallest absolute Gasteiger partial charge is 0.363 e. The lowest BCUT2D eigenvalue weighted by molar-refractivity contribution is -0.138. The minimum atomic E-state index is -4.82. The lowest BCUT2D eigenvalue weighted by Crippen LogP contribution is -2.32. The van der Waals surface area contributed by atoms with Crippen molar-refractivity contribution in [1.29, 1.82) is 0 Å². The van der Waals surface area contributed by atoms with E-state index in [0.29, 0.717) is 5.56 Å². The van der Waals surface area contributed by atoms with E-state index < -0.39 is 25.5 Å². The molecule has 18 heavy (non-hydrogen) atoms. The SMILES string of the molecule is N[C@@H](Cc1ccc(C(F)P(=O)(O)O)cc1)C(=O)O. The van der Waals surface area contributed by atoms with Crippen LogP contribution in [0.3, 0.4) is 0 Å². The van der Waals surface area contributed by atoms with Crippen LogP contribution in [-0.4, -0.2) is 26.9 Å². The highest BCUT2D eigenvalue weighted by Gasteiger charge is 2.30. The molecule has 0 saturated carbocycles. The molecule has 0 aliphatic heterocycles. The van der Waals surface area contributed by atoms with E-state index in [1.165, 1.54) is 24.3 Å². The third-order valence-corrected chi connectivity index (χ3v) is 3.21. The van der Waals surface area contributed by atoms with E-state index >= 15 is 0 Å². The highest BCUT2D eigenvalue weighted by Crippen LogP contribution is 2.52. The van der Waals surface area contributed by atoms with Gasteiger partial charge in [-0.05, 0) is 17.5 Å². The molecule has 0 bridgehead atoms. The monoisotopic (exact) mass is 277 g/mol. The predicted octanol–water partition coefficient (Wildman–Crippen LogP) is 0.787. The number of carboxylic acids is 1. The Balaban J connectivity index is 2.81. The van der Waals surface area contributed by atoms with E-state index in [0.717, 1.165) is 0 Å². The Bertz CT molecular complexity index is 472. The standard InChI is InChI=1S/C10H13FNO5P/c11-9(18(15,16)17)7-3-1-6(2-4-7)5-8(12)10(13)14/h1-4,8-9H,5,12H2,(H,13,14)(H2,15,16,17)/t8-,9?/m0/s1. The van der Waals surface area contributed by atoms with E-state index in [9.17, 15) is 13.8 Å². The quantitative estimate of drug-likeness (QED) is 0.590. The molecule has 100 valence electrons. The van der Waals surface area contributed by atoms with Crippen molar-refractivity contribution in [2.24, 2.45) is 5.73 Å². The first-order chi connectivity index (χ1) is 8.21. The Morgan fingerprint density at radius 1 is 1.33 bits per heavy atom. The largest absolute Gasteiger partial charge is 0.480 e. The van der Waals surface area contributed by atoms with Crippen LogP contribution in [0, 0.1) is 0 Å². The molecule has 6 nitrogen and oxygen atoms in total. The number of nitrogens with two attached hydrogens (primary N) is 1. The van der Waals surface area contributed by atoms with Crippen molar-refractivity contribution in [2.75, 3.05) is 0 Å². The van der Waals surface area contributed by atoms with Gasteiger partial charge in [0.2, 0.25) is 5.91 Å². The summed E-state index contributed by atoms with van der Waals surface area (Å²) in [7, 11) is -4.82. The summed E-state index contributed by atoms with van der Waals surface area (Å²) in [5, 5.41) is 8.60. The van der Waals surface area contributed by atoms with E-state index in [1.54, 1.807) is 0 Å². The molecule has 1 aromatic carbocycles. The summed E-state index contributed by atoms with van der Waals surface area (Å²) in [6.07, 6.45) is 0.0580. The number of carboxylic acid groups (broad SMARTS) is 1. The Kier molecular flexibility index (Phi) is 4.59. The second kappa shape index (κ2) is 5.58. The zero-order valence-electron chi connectivity index (χ0n) is 9.23. The number of aliphatic carboxylic acids is 1. The molecule has 0 aliphatic carbocycles. The summed E-state index contributed by atoms with van der Waals surface area (Å²) >= 11 is 0. The molecule has 1 aromatic rings. The van der Waals surface area contributed by atoms with Crippen LogP contribution in [0.4, 0.5) is 4.39 Å². The molecule has 8 heteroatoms. The molecular formula is C10H13FNO5P. The van der Waals surface area contributed by atoms with E-state index in [4.69, 9.17) is 20.6 Å². The molecule has 0 saturated heterocycles. The van der Waals surface area contributed by atoms with Crippen molar-refractivity contribution >= 4 is 13.6 Å². The maximum Gasteiger partial charge on any atom is 0.363 e. The van der Waals surface area contributed by atoms with Gasteiger partial charge in [0.25, 0.3) is 0 Å². The van der Waals surface area contributed by atoms with Gasteiger partial charge in [0.05, 0.1) is 0 Å². The van der Waals surface area contributed by atoms with Crippen molar-refractivity contribution < 1.29 is 28.6 Å². The highest BCUT2D eigenvalue weighted by molar-refractivity contribution is 7.51. The van der Waals surface area contributed by atoms with E-state index in [1.807, 2.05) is 0 Å². The van der Waals surface area contributed by atoms with Crippen LogP contribution in [0.5, 0.6) is 0 Å². The Labute approximate surface area is 102 Å². The molecule has 0 fully saturated rings. The van der Waals surface area contributed by atoms with Crippen LogP contribution >= 0.6 is 7.60 Å². The van der Waals surface area contributed by atoms with E-state index in [-0.39, 0.29) is 12.0 Å². The predicted molar refractivity (Wildman–Crippen MR) is 61.7 cm³/mol. The molecule has 1 rings (SSSR count). The first-order valence-electron chi connectivity index (χ1n) is 4.98. The van der Waals surface area contributed by atoms with Gasteiger partial charge in [0.15, 0.2) is 0 Å². The molecule has 0 aromatic heterocycles. The first-order valence-corrected chi connectivity index (χ1v) is 6.66. The van der Waals surface area contributed by atoms with Gasteiger partial charge in [0.1, 0.15) is 6.04 Å². The molecule has 0 spiro atoms. The number of halogens is 1. The molecule has 5 N–H and O–H groups in total. The minimum Gasteiger partial charge on any atom is -0.480 e. The number of alkyl halides is 1. The van der Waals surface area contributed by atoms with Gasteiger partial charge < -0.3 is 20.6 Å². The van der Waals surface area contributed by atoms with Crippen LogP contribution in [0.2, 0.25) is 0 Å². The summed E-state index contributed by atoms with van der Waals surface area (Å²) in [5.74, 6) is -3.53. The second-order valence-electron chi connectivity index (χ2n) is 3.82. The number of hydrogen-bond donors (Lipinski definition) is 4. The summed E-state index contributed by atoms with van der Waals surface area (Å²) in [6, 6.07) is 4.11. The minimum absolute atomic E-state index is 0.0580. The highest BCUT2D eigenvalue weighted by atomic mass is 31.2. The fraction of sp³-hybridized carbons (Fsp3) is 0.300. The van der Waals surface area contributed by atoms with Gasteiger partial charge in [-0.15, -0.1) is 0 Å². The van der Waals surface area contributed by atoms with Gasteiger partial charge in [-0.2, -0.15) is 0 Å². The maximum absolute atomic E-state index is 13.3. The zero-order valence-corrected chi connectivity index (χ0v) is 10.1. The molecule has 0 heterocycles. The topological polar surface area (TPSA) is 121 Å². The first kappa shape index (κ1) is 14.8. The van der Waals surface area contributed by atoms with Crippen molar-refractivity contribution in [1.82, 2.24) is 0 Å². The molecular weight excluding hydrogens is 264 g/mol. The average Bonchev–Trinajstić information content (AvgIpc) is 2.27. The molecule has 0 radical (unpaired) electrons.